The average Bonchev–Trinajstić information content (AvgIpc) is 2.96. The highest BCUT2D eigenvalue weighted by atomic mass is 35.5. The van der Waals surface area contributed by atoms with Gasteiger partial charge in [0.25, 0.3) is 0 Å². The summed E-state index contributed by atoms with van der Waals surface area (Å²) >= 11 is 11.8. The molecule has 0 aliphatic heterocycles. The molecule has 1 aromatic heterocycles. The van der Waals surface area contributed by atoms with E-state index in [-0.39, 0.29) is 5.69 Å². The van der Waals surface area contributed by atoms with E-state index in [9.17, 15) is 4.79 Å². The molecule has 0 spiro atoms. The highest BCUT2D eigenvalue weighted by Gasteiger charge is 2.16. The number of halogens is 2. The highest BCUT2D eigenvalue weighted by molar-refractivity contribution is 6.30. The van der Waals surface area contributed by atoms with Crippen molar-refractivity contribution in [3.8, 4) is 5.69 Å². The molecule has 0 saturated heterocycles. The van der Waals surface area contributed by atoms with Crippen molar-refractivity contribution >= 4 is 35.0 Å². The van der Waals surface area contributed by atoms with Gasteiger partial charge < -0.3 is 0 Å². The zero-order chi connectivity index (χ0) is 19.8. The molecule has 0 N–H and O–H groups in total. The third-order valence-corrected chi connectivity index (χ3v) is 4.26. The molecule has 0 bridgehead atoms. The maximum absolute atomic E-state index is 12.9. The van der Waals surface area contributed by atoms with E-state index >= 15 is 0 Å². The summed E-state index contributed by atoms with van der Waals surface area (Å²) in [5.41, 5.74) is 1.38. The second kappa shape index (κ2) is 10.3. The zero-order valence-corrected chi connectivity index (χ0v) is 17.3. The molecule has 0 saturated carbocycles. The Hall–Kier alpha value is -2.11. The summed E-state index contributed by atoms with van der Waals surface area (Å²) in [6.07, 6.45) is 8.05. The Morgan fingerprint density at radius 1 is 1.22 bits per heavy atom. The minimum absolute atomic E-state index is 0.162. The maximum Gasteiger partial charge on any atom is 0.350 e. The van der Waals surface area contributed by atoms with Gasteiger partial charge in [0.05, 0.1) is 5.69 Å². The van der Waals surface area contributed by atoms with Crippen LogP contribution in [0.5, 0.6) is 0 Å². The molecule has 0 atom stereocenters. The maximum atomic E-state index is 12.9. The SMILES string of the molecule is CCCCCn1nc(/C(C)=C/C=N/C=C(\C)Cl)n(-c2ccc(Cl)cc2)c1=O. The minimum atomic E-state index is -0.162. The zero-order valence-electron chi connectivity index (χ0n) is 15.8. The van der Waals surface area contributed by atoms with Crippen molar-refractivity contribution < 1.29 is 0 Å². The Kier molecular flexibility index (Phi) is 8.07. The number of aromatic nitrogens is 3. The standard InChI is InChI=1S/C20H24Cl2N4O/c1-4-5-6-13-25-20(27)26(18-9-7-17(22)8-10-18)19(24-25)15(2)11-12-23-14-16(3)21/h7-12,14H,4-6,13H2,1-3H3/b15-11+,16-14+,23-12+. The molecular formula is C20H24Cl2N4O. The number of rotatable bonds is 8. The van der Waals surface area contributed by atoms with Gasteiger partial charge in [-0.1, -0.05) is 43.0 Å². The van der Waals surface area contributed by atoms with E-state index in [0.29, 0.717) is 22.4 Å². The van der Waals surface area contributed by atoms with Gasteiger partial charge in [-0.2, -0.15) is 0 Å². The Morgan fingerprint density at radius 3 is 2.56 bits per heavy atom. The van der Waals surface area contributed by atoms with Crippen LogP contribution in [0.15, 0.2) is 51.4 Å². The van der Waals surface area contributed by atoms with Gasteiger partial charge in [0, 0.05) is 29.0 Å². The van der Waals surface area contributed by atoms with Crippen LogP contribution in [0.25, 0.3) is 11.3 Å². The first-order chi connectivity index (χ1) is 12.9. The molecule has 0 unspecified atom stereocenters. The van der Waals surface area contributed by atoms with Crippen LogP contribution in [0.2, 0.25) is 5.02 Å². The molecule has 5 nitrogen and oxygen atoms in total. The van der Waals surface area contributed by atoms with E-state index in [1.165, 1.54) is 4.68 Å². The largest absolute Gasteiger partial charge is 0.350 e. The first-order valence-corrected chi connectivity index (χ1v) is 9.68. The van der Waals surface area contributed by atoms with Crippen LogP contribution in [0.3, 0.4) is 0 Å². The fourth-order valence-electron chi connectivity index (χ4n) is 2.52. The number of hydrogen-bond donors (Lipinski definition) is 0. The Morgan fingerprint density at radius 2 is 1.93 bits per heavy atom. The van der Waals surface area contributed by atoms with Crippen LogP contribution in [-0.2, 0) is 6.54 Å². The predicted octanol–water partition coefficient (Wildman–Crippen LogP) is 5.45. The van der Waals surface area contributed by atoms with E-state index in [1.807, 2.05) is 19.1 Å². The van der Waals surface area contributed by atoms with Crippen LogP contribution in [0, 0.1) is 0 Å². The van der Waals surface area contributed by atoms with E-state index < -0.39 is 0 Å². The van der Waals surface area contributed by atoms with Crippen molar-refractivity contribution in [2.75, 3.05) is 0 Å². The van der Waals surface area contributed by atoms with Crippen LogP contribution in [0.4, 0.5) is 0 Å². The lowest BCUT2D eigenvalue weighted by Gasteiger charge is -2.05. The van der Waals surface area contributed by atoms with Crippen LogP contribution >= 0.6 is 23.2 Å². The summed E-state index contributed by atoms with van der Waals surface area (Å²) < 4.78 is 3.13. The molecule has 0 amide bonds. The lowest BCUT2D eigenvalue weighted by molar-refractivity contribution is 0.535. The fourth-order valence-corrected chi connectivity index (χ4v) is 2.70. The van der Waals surface area contributed by atoms with Crippen molar-refractivity contribution in [2.45, 2.75) is 46.6 Å². The first kappa shape index (κ1) is 21.2. The Bertz CT molecular complexity index is 901. The minimum Gasteiger partial charge on any atom is -0.264 e. The summed E-state index contributed by atoms with van der Waals surface area (Å²) in [6, 6.07) is 7.14. The van der Waals surface area contributed by atoms with Gasteiger partial charge in [0.2, 0.25) is 0 Å². The van der Waals surface area contributed by atoms with Crippen molar-refractivity contribution in [1.82, 2.24) is 14.3 Å². The van der Waals surface area contributed by atoms with Gasteiger partial charge in [-0.3, -0.25) is 4.99 Å². The van der Waals surface area contributed by atoms with Crippen LogP contribution < -0.4 is 5.69 Å². The Balaban J connectivity index is 2.47. The smallest absolute Gasteiger partial charge is 0.264 e. The molecule has 1 heterocycles. The van der Waals surface area contributed by atoms with Crippen molar-refractivity contribution in [3.63, 3.8) is 0 Å². The molecule has 0 aliphatic rings. The topological polar surface area (TPSA) is 52.2 Å². The van der Waals surface area contributed by atoms with Gasteiger partial charge >= 0.3 is 5.69 Å². The number of unbranched alkanes of at least 4 members (excludes halogenated alkanes) is 2. The number of aliphatic imine (C=N–C) groups is 1. The van der Waals surface area contributed by atoms with Gasteiger partial charge in [-0.15, -0.1) is 5.10 Å². The summed E-state index contributed by atoms with van der Waals surface area (Å²) in [4.78, 5) is 17.0. The Labute approximate surface area is 169 Å². The molecule has 27 heavy (non-hydrogen) atoms. The number of nitrogens with zero attached hydrogens (tertiary/aromatic N) is 4. The van der Waals surface area contributed by atoms with Gasteiger partial charge in [0.1, 0.15) is 0 Å². The highest BCUT2D eigenvalue weighted by Crippen LogP contribution is 2.17. The quantitative estimate of drug-likeness (QED) is 0.432. The third kappa shape index (κ3) is 5.94. The molecule has 1 aromatic carbocycles. The van der Waals surface area contributed by atoms with Crippen LogP contribution in [0.1, 0.15) is 45.9 Å². The second-order valence-corrected chi connectivity index (χ2v) is 7.24. The van der Waals surface area contributed by atoms with Gasteiger partial charge in [0.15, 0.2) is 5.82 Å². The van der Waals surface area contributed by atoms with Crippen molar-refractivity contribution in [1.29, 1.82) is 0 Å². The molecular weight excluding hydrogens is 383 g/mol. The lowest BCUT2D eigenvalue weighted by Crippen LogP contribution is -2.24. The average molecular weight is 407 g/mol. The normalized spacial score (nSPS) is 12.9. The summed E-state index contributed by atoms with van der Waals surface area (Å²) in [6.45, 7) is 6.37. The molecule has 2 aromatic rings. The summed E-state index contributed by atoms with van der Waals surface area (Å²) in [5.74, 6) is 0.580. The summed E-state index contributed by atoms with van der Waals surface area (Å²) in [7, 11) is 0. The molecule has 0 fully saturated rings. The van der Waals surface area contributed by atoms with Gasteiger partial charge in [-0.25, -0.2) is 14.0 Å². The second-order valence-electron chi connectivity index (χ2n) is 6.21. The fraction of sp³-hybridized carbons (Fsp3) is 0.350. The molecule has 7 heteroatoms. The number of allylic oxidation sites excluding steroid dienone is 3. The van der Waals surface area contributed by atoms with Crippen LogP contribution in [-0.4, -0.2) is 20.6 Å². The molecule has 0 aliphatic carbocycles. The molecule has 0 radical (unpaired) electrons. The third-order valence-electron chi connectivity index (χ3n) is 3.91. The molecule has 2 rings (SSSR count). The first-order valence-electron chi connectivity index (χ1n) is 8.92. The monoisotopic (exact) mass is 406 g/mol. The van der Waals surface area contributed by atoms with E-state index in [0.717, 1.165) is 30.5 Å². The van der Waals surface area contributed by atoms with Gasteiger partial charge in [-0.05, 0) is 56.2 Å². The van der Waals surface area contributed by atoms with Crippen molar-refractivity contribution in [3.05, 3.63) is 62.9 Å². The van der Waals surface area contributed by atoms with E-state index in [1.54, 1.807) is 42.1 Å². The molecule has 144 valence electrons. The van der Waals surface area contributed by atoms with E-state index in [4.69, 9.17) is 23.2 Å². The van der Waals surface area contributed by atoms with E-state index in [2.05, 4.69) is 17.0 Å². The predicted molar refractivity (Wildman–Crippen MR) is 114 cm³/mol. The number of hydrogen-bond acceptors (Lipinski definition) is 3. The number of benzene rings is 1. The summed E-state index contributed by atoms with van der Waals surface area (Å²) in [5, 5.41) is 5.77. The van der Waals surface area contributed by atoms with Crippen molar-refractivity contribution in [2.24, 2.45) is 4.99 Å². The lowest BCUT2D eigenvalue weighted by atomic mass is 10.2. The number of aryl methyl sites for hydroxylation is 1.